The van der Waals surface area contributed by atoms with Gasteiger partial charge >= 0.3 is 18.5 Å². The Morgan fingerprint density at radius 1 is 0.426 bits per heavy atom. The number of β-amino-alcohol motifs (C(OH)–C–C–N with tert-alkyl or cyclic N) is 3. The maximum Gasteiger partial charge on any atom is 0.417 e. The summed E-state index contributed by atoms with van der Waals surface area (Å²) in [6, 6.07) is 24.9. The van der Waals surface area contributed by atoms with Crippen LogP contribution in [0.15, 0.2) is 109 Å². The van der Waals surface area contributed by atoms with Crippen LogP contribution >= 0.6 is 49.1 Å². The zero-order chi connectivity index (χ0) is 78.9. The third kappa shape index (κ3) is 16.0. The van der Waals surface area contributed by atoms with Crippen LogP contribution in [-0.4, -0.2) is 165 Å². The minimum atomic E-state index is -4.82. The van der Waals surface area contributed by atoms with Gasteiger partial charge in [-0.1, -0.05) is 0 Å². The van der Waals surface area contributed by atoms with Crippen LogP contribution in [0.5, 0.6) is 17.2 Å². The number of ether oxygens (including phenoxy) is 3. The average Bonchev–Trinajstić information content (AvgIpc) is 1.59. The Labute approximate surface area is 632 Å². The number of nitrogens with zero attached hydrogens (tertiary/aromatic N) is 11. The summed E-state index contributed by atoms with van der Waals surface area (Å²) in [5.74, 6) is -4.42. The van der Waals surface area contributed by atoms with E-state index in [0.29, 0.717) is 57.5 Å². The molecule has 0 saturated carbocycles. The van der Waals surface area contributed by atoms with E-state index in [-0.39, 0.29) is 79.1 Å². The highest BCUT2D eigenvalue weighted by molar-refractivity contribution is 7.81. The lowest BCUT2D eigenvalue weighted by molar-refractivity contribution is -0.138. The number of thiocarbonyl (C=S) groups is 3. The van der Waals surface area contributed by atoms with Gasteiger partial charge in [0.1, 0.15) is 53.2 Å². The molecule has 0 aliphatic carbocycles. The van der Waals surface area contributed by atoms with Gasteiger partial charge in [0.2, 0.25) is 0 Å². The van der Waals surface area contributed by atoms with Crippen molar-refractivity contribution in [2.75, 3.05) is 82.8 Å². The second-order valence-corrected chi connectivity index (χ2v) is 28.2. The van der Waals surface area contributed by atoms with Crippen molar-refractivity contribution in [1.82, 2.24) is 15.1 Å². The van der Waals surface area contributed by atoms with Crippen molar-refractivity contribution in [1.29, 1.82) is 15.8 Å². The second-order valence-electron chi connectivity index (χ2n) is 27.1. The van der Waals surface area contributed by atoms with Crippen molar-refractivity contribution >= 4 is 116 Å². The third-order valence-corrected chi connectivity index (χ3v) is 19.5. The first kappa shape index (κ1) is 82.5. The first-order valence-electron chi connectivity index (χ1n) is 32.3. The second kappa shape index (κ2) is 30.9. The van der Waals surface area contributed by atoms with Gasteiger partial charge in [0.05, 0.1) is 68.7 Å². The highest BCUT2D eigenvalue weighted by Crippen LogP contribution is 2.45. The number of rotatable bonds is 12. The minimum Gasteiger partial charge on any atom is -0.483 e. The minimum absolute atomic E-state index is 0. The van der Waals surface area contributed by atoms with E-state index < -0.39 is 140 Å². The summed E-state index contributed by atoms with van der Waals surface area (Å²) in [6.07, 6.45) is -18.7. The fraction of sp³-hybridized carbons (Fsp3) is 0.366. The fourth-order valence-electron chi connectivity index (χ4n) is 12.9. The van der Waals surface area contributed by atoms with Gasteiger partial charge in [-0.05, 0) is 183 Å². The molecule has 4 N–H and O–H groups in total. The topological polar surface area (TPSA) is 249 Å². The summed E-state index contributed by atoms with van der Waals surface area (Å²) in [4.78, 5) is 50.4. The van der Waals surface area contributed by atoms with Crippen LogP contribution in [-0.2, 0) is 32.9 Å². The predicted octanol–water partition coefficient (Wildman–Crippen LogP) is 11.1. The lowest BCUT2D eigenvalue weighted by Crippen LogP contribution is -2.44. The van der Waals surface area contributed by atoms with Gasteiger partial charge in [-0.15, -0.1) is 12.4 Å². The van der Waals surface area contributed by atoms with E-state index in [2.05, 4.69) is 5.32 Å². The van der Waals surface area contributed by atoms with Crippen molar-refractivity contribution < 1.29 is 96.6 Å². The van der Waals surface area contributed by atoms with Crippen LogP contribution in [0.2, 0.25) is 0 Å². The number of alkyl halides is 9. The number of nitrogens with one attached hydrogen (secondary N) is 1. The van der Waals surface area contributed by atoms with Crippen molar-refractivity contribution in [3.8, 4) is 35.5 Å². The first-order chi connectivity index (χ1) is 49.9. The predicted molar refractivity (Wildman–Crippen MR) is 384 cm³/mol. The number of aliphatic hydroxyl groups is 3. The lowest BCUT2D eigenvalue weighted by atomic mass is 10.0. The van der Waals surface area contributed by atoms with E-state index in [1.54, 1.807) is 14.1 Å². The molecule has 6 aromatic rings. The highest BCUT2D eigenvalue weighted by atomic mass is 35.5. The zero-order valence-electron chi connectivity index (χ0n) is 58.0. The van der Waals surface area contributed by atoms with Crippen LogP contribution in [0.25, 0.3) is 0 Å². The van der Waals surface area contributed by atoms with E-state index in [9.17, 15) is 73.6 Å². The molecule has 6 heterocycles. The zero-order valence-corrected chi connectivity index (χ0v) is 61.2. The number of aliphatic hydroxyl groups excluding tert-OH is 3. The number of anilines is 6. The van der Waals surface area contributed by atoms with Gasteiger partial charge in [0, 0.05) is 74.5 Å². The third-order valence-electron chi connectivity index (χ3n) is 18.4. The summed E-state index contributed by atoms with van der Waals surface area (Å²) in [5.41, 5.74) is -9.32. The molecule has 0 spiro atoms. The quantitative estimate of drug-likeness (QED) is 0.0657. The Bertz CT molecular complexity index is 4530. The van der Waals surface area contributed by atoms with E-state index >= 15 is 8.78 Å². The van der Waals surface area contributed by atoms with Crippen molar-refractivity contribution in [3.05, 3.63) is 160 Å². The SMILES string of the molecule is CC1(C)C(=O)N(c2ccc(C#N)c(C(F)(F)F)c2)C(=S)N1c1ccc(OC2CNCC2O)c(F)c1.CN1CC(O)C(Oc2ccc(N3C(=S)N(c4ccc(C#N)c(C(F)(F)F)c4)C(=O)C3(C)C)cc2F)C1.CN1CC(O)C(Oc2ccc(N3C(=S)N(c4ccc(C#N)c(C(F)(F)F)c4)C(=O)C3(C)C)cc2F)C1.Cl. The molecule has 108 heavy (non-hydrogen) atoms. The average molecular weight is 1590 g/mol. The van der Waals surface area contributed by atoms with Gasteiger partial charge in [-0.2, -0.15) is 55.3 Å². The molecule has 12 rings (SSSR count). The van der Waals surface area contributed by atoms with Crippen LogP contribution in [0.4, 0.5) is 86.8 Å². The van der Waals surface area contributed by atoms with E-state index in [4.69, 9.17) is 66.6 Å². The normalized spacial score (nSPS) is 22.0. The van der Waals surface area contributed by atoms with Gasteiger partial charge in [0.15, 0.2) is 50.0 Å². The monoisotopic (exact) mass is 1590 g/mol. The number of halogens is 13. The molecular weight excluding hydrogens is 1520 g/mol. The molecular formula is C71H65ClF12N12O9S3. The fourth-order valence-corrected chi connectivity index (χ4v) is 14.5. The Hall–Kier alpha value is -9.52. The maximum atomic E-state index is 15.0. The van der Waals surface area contributed by atoms with E-state index in [1.165, 1.54) is 129 Å². The summed E-state index contributed by atoms with van der Waals surface area (Å²) >= 11 is 16.4. The number of hydrogen-bond acceptors (Lipinski definition) is 18. The van der Waals surface area contributed by atoms with Crippen molar-refractivity contribution in [2.24, 2.45) is 0 Å². The van der Waals surface area contributed by atoms with Crippen LogP contribution < -0.4 is 48.9 Å². The molecule has 0 radical (unpaired) electrons. The van der Waals surface area contributed by atoms with Gasteiger partial charge in [-0.25, -0.2) is 13.2 Å². The number of amides is 3. The van der Waals surface area contributed by atoms with Crippen LogP contribution in [0.1, 0.15) is 74.9 Å². The Morgan fingerprint density at radius 3 is 0.917 bits per heavy atom. The molecule has 3 amide bonds. The molecule has 37 heteroatoms. The molecule has 6 aliphatic heterocycles. The van der Waals surface area contributed by atoms with E-state index in [1.807, 2.05) is 9.80 Å². The molecule has 6 unspecified atom stereocenters. The molecule has 6 aromatic carbocycles. The number of likely N-dealkylation sites (tertiary alicyclic amines) is 2. The first-order valence-corrected chi connectivity index (χ1v) is 33.5. The largest absolute Gasteiger partial charge is 0.483 e. The van der Waals surface area contributed by atoms with Gasteiger partial charge in [0.25, 0.3) is 17.7 Å². The summed E-state index contributed by atoms with van der Waals surface area (Å²) in [5, 5.41) is 59.6. The van der Waals surface area contributed by atoms with Crippen LogP contribution in [0, 0.1) is 51.4 Å². The number of benzene rings is 6. The molecule has 6 atom stereocenters. The molecule has 21 nitrogen and oxygen atoms in total. The van der Waals surface area contributed by atoms with Gasteiger partial charge in [-0.3, -0.25) is 38.9 Å². The Balaban J connectivity index is 0.000000186. The molecule has 572 valence electrons. The molecule has 0 bridgehead atoms. The van der Waals surface area contributed by atoms with Gasteiger partial charge < -0.3 is 49.5 Å². The standard InChI is InChI=1S/2C24H22F4N4O3S.C23H20F4N4O3S.ClH/c2*1-23(2)21(34)31(14-5-4-13(10-29)16(8-14)24(26,27)28)22(36)32(23)15-6-7-19(17(25)9-15)35-20-12-30(3)11-18(20)33;1-22(2)20(33)30(13-4-3-12(9-28)15(7-13)23(25,26)27)21(35)31(22)14-5-6-18(16(24)8-14)34-19-11-29-10-17(19)32;/h2*4-9,18,20,33H,11-12H2,1-3H3;3-8,17,19,29,32H,10-11H2,1-2H3;1H. The summed E-state index contributed by atoms with van der Waals surface area (Å²) in [7, 11) is 3.60. The maximum absolute atomic E-state index is 15.0. The number of hydrogen-bond donors (Lipinski definition) is 4. The smallest absolute Gasteiger partial charge is 0.417 e. The number of carbonyl (C=O) groups is 3. The number of nitriles is 3. The van der Waals surface area contributed by atoms with Crippen molar-refractivity contribution in [2.45, 2.75) is 113 Å². The summed E-state index contributed by atoms with van der Waals surface area (Å²) in [6.45, 7) is 11.4. The number of likely N-dealkylation sites (N-methyl/N-ethyl adjacent to an activating group) is 2. The molecule has 6 saturated heterocycles. The molecule has 6 fully saturated rings. The summed E-state index contributed by atoms with van der Waals surface area (Å²) < 4.78 is 183. The van der Waals surface area contributed by atoms with Crippen molar-refractivity contribution in [3.63, 3.8) is 0 Å². The lowest BCUT2D eigenvalue weighted by Gasteiger charge is -2.29. The highest BCUT2D eigenvalue weighted by Gasteiger charge is 2.54. The van der Waals surface area contributed by atoms with Crippen LogP contribution in [0.3, 0.4) is 0 Å². The molecule has 6 aliphatic rings. The Kier molecular flexibility index (Phi) is 23.6. The Morgan fingerprint density at radius 2 is 0.694 bits per heavy atom. The number of carbonyl (C=O) groups excluding carboxylic acids is 3. The molecule has 0 aromatic heterocycles. The van der Waals surface area contributed by atoms with E-state index in [0.717, 1.165) is 51.1 Å².